The van der Waals surface area contributed by atoms with Crippen molar-refractivity contribution >= 4 is 15.9 Å². The second kappa shape index (κ2) is 3.83. The largest absolute Gasteiger partial charge is 0.321 e. The van der Waals surface area contributed by atoms with Crippen LogP contribution in [0.4, 0.5) is 8.78 Å². The van der Waals surface area contributed by atoms with Crippen molar-refractivity contribution in [2.24, 2.45) is 5.73 Å². The van der Waals surface area contributed by atoms with Crippen LogP contribution in [0, 0.1) is 11.6 Å². The van der Waals surface area contributed by atoms with Crippen LogP contribution >= 0.6 is 15.9 Å². The minimum atomic E-state index is -0.611. The van der Waals surface area contributed by atoms with Crippen LogP contribution in [0.25, 0.3) is 0 Å². The van der Waals surface area contributed by atoms with Gasteiger partial charge in [0.25, 0.3) is 0 Å². The zero-order chi connectivity index (χ0) is 11.1. The van der Waals surface area contributed by atoms with E-state index in [0.29, 0.717) is 5.56 Å². The summed E-state index contributed by atoms with van der Waals surface area (Å²) in [4.78, 5) is 0. The van der Waals surface area contributed by atoms with Crippen molar-refractivity contribution in [2.45, 2.75) is 31.2 Å². The molecular weight excluding hydrogens is 264 g/mol. The Hall–Kier alpha value is -0.480. The molecule has 0 aliphatic heterocycles. The highest BCUT2D eigenvalue weighted by Crippen LogP contribution is 2.38. The first kappa shape index (κ1) is 11.0. The van der Waals surface area contributed by atoms with Crippen molar-refractivity contribution in [2.75, 3.05) is 0 Å². The van der Waals surface area contributed by atoms with Gasteiger partial charge in [0, 0.05) is 17.2 Å². The van der Waals surface area contributed by atoms with Gasteiger partial charge in [0.15, 0.2) is 0 Å². The zero-order valence-electron chi connectivity index (χ0n) is 8.19. The maximum atomic E-state index is 13.6. The maximum absolute atomic E-state index is 13.6. The third-order valence-corrected chi connectivity index (χ3v) is 3.65. The Kier molecular flexibility index (Phi) is 2.81. The van der Waals surface area contributed by atoms with Crippen LogP contribution in [0.1, 0.15) is 31.2 Å². The van der Waals surface area contributed by atoms with Gasteiger partial charge < -0.3 is 5.73 Å². The van der Waals surface area contributed by atoms with Gasteiger partial charge in [0.1, 0.15) is 11.6 Å². The van der Waals surface area contributed by atoms with Gasteiger partial charge in [-0.25, -0.2) is 8.78 Å². The molecule has 1 aromatic rings. The van der Waals surface area contributed by atoms with Crippen molar-refractivity contribution in [3.63, 3.8) is 0 Å². The van der Waals surface area contributed by atoms with Crippen LogP contribution in [-0.4, -0.2) is 0 Å². The van der Waals surface area contributed by atoms with Gasteiger partial charge in [-0.2, -0.15) is 0 Å². The number of halogens is 3. The Morgan fingerprint density at radius 1 is 1.13 bits per heavy atom. The van der Waals surface area contributed by atoms with Crippen molar-refractivity contribution < 1.29 is 8.78 Å². The number of hydrogen-bond acceptors (Lipinski definition) is 1. The minimum Gasteiger partial charge on any atom is -0.321 e. The summed E-state index contributed by atoms with van der Waals surface area (Å²) in [6.45, 7) is 0. The second-order valence-corrected chi connectivity index (χ2v) is 4.96. The van der Waals surface area contributed by atoms with E-state index in [4.69, 9.17) is 5.73 Å². The van der Waals surface area contributed by atoms with Gasteiger partial charge in [0.2, 0.25) is 0 Å². The average Bonchev–Trinajstić information content (AvgIpc) is 2.60. The molecule has 15 heavy (non-hydrogen) atoms. The summed E-state index contributed by atoms with van der Waals surface area (Å²) in [7, 11) is 0. The number of hydrogen-bond donors (Lipinski definition) is 1. The van der Waals surface area contributed by atoms with Crippen LogP contribution in [-0.2, 0) is 5.54 Å². The molecular formula is C11H12BrF2N. The highest BCUT2D eigenvalue weighted by Gasteiger charge is 2.34. The van der Waals surface area contributed by atoms with E-state index in [1.807, 2.05) is 0 Å². The molecule has 0 heterocycles. The zero-order valence-corrected chi connectivity index (χ0v) is 9.78. The Balaban J connectivity index is 2.48. The molecule has 2 N–H and O–H groups in total. The lowest BCUT2D eigenvalue weighted by molar-refractivity contribution is 0.429. The lowest BCUT2D eigenvalue weighted by atomic mass is 9.89. The van der Waals surface area contributed by atoms with Crippen molar-refractivity contribution in [3.8, 4) is 0 Å². The first-order valence-corrected chi connectivity index (χ1v) is 5.76. The topological polar surface area (TPSA) is 26.0 Å². The summed E-state index contributed by atoms with van der Waals surface area (Å²) < 4.78 is 26.9. The molecule has 1 nitrogen and oxygen atoms in total. The molecule has 0 amide bonds. The van der Waals surface area contributed by atoms with Crippen molar-refractivity contribution in [3.05, 3.63) is 33.8 Å². The summed E-state index contributed by atoms with van der Waals surface area (Å²) in [6, 6.07) is 2.36. The van der Waals surface area contributed by atoms with E-state index in [9.17, 15) is 8.78 Å². The van der Waals surface area contributed by atoms with Gasteiger partial charge in [-0.05, 0) is 34.8 Å². The molecule has 0 aromatic heterocycles. The van der Waals surface area contributed by atoms with Gasteiger partial charge in [0.05, 0.1) is 4.47 Å². The molecule has 0 atom stereocenters. The molecule has 0 spiro atoms. The Morgan fingerprint density at radius 2 is 1.73 bits per heavy atom. The van der Waals surface area contributed by atoms with E-state index in [1.54, 1.807) is 0 Å². The normalized spacial score (nSPS) is 19.5. The lowest BCUT2D eigenvalue weighted by Gasteiger charge is -2.25. The number of nitrogens with two attached hydrogens (primary N) is 1. The van der Waals surface area contributed by atoms with Crippen molar-refractivity contribution in [1.29, 1.82) is 0 Å². The van der Waals surface area contributed by atoms with Crippen LogP contribution in [0.5, 0.6) is 0 Å². The highest BCUT2D eigenvalue weighted by atomic mass is 79.9. The van der Waals surface area contributed by atoms with Crippen molar-refractivity contribution in [1.82, 2.24) is 0 Å². The summed E-state index contributed by atoms with van der Waals surface area (Å²) in [5, 5.41) is 0. The van der Waals surface area contributed by atoms with E-state index < -0.39 is 17.2 Å². The fourth-order valence-corrected chi connectivity index (χ4v) is 2.52. The smallest absolute Gasteiger partial charge is 0.140 e. The Bertz CT molecular complexity index is 386. The minimum absolute atomic E-state index is 0.274. The fourth-order valence-electron chi connectivity index (χ4n) is 2.18. The maximum Gasteiger partial charge on any atom is 0.140 e. The van der Waals surface area contributed by atoms with Crippen LogP contribution < -0.4 is 5.73 Å². The molecule has 82 valence electrons. The number of rotatable bonds is 1. The van der Waals surface area contributed by atoms with E-state index in [0.717, 1.165) is 31.7 Å². The summed E-state index contributed by atoms with van der Waals surface area (Å²) >= 11 is 3.05. The third-order valence-electron chi connectivity index (χ3n) is 3.04. The second-order valence-electron chi connectivity index (χ2n) is 4.11. The lowest BCUT2D eigenvalue weighted by Crippen LogP contribution is -2.34. The first-order valence-electron chi connectivity index (χ1n) is 4.97. The SMILES string of the molecule is NC1(c2cc(Br)c(F)cc2F)CCCC1. The predicted octanol–water partition coefficient (Wildman–Crippen LogP) is 3.46. The molecule has 2 rings (SSSR count). The predicted molar refractivity (Wildman–Crippen MR) is 58.4 cm³/mol. The molecule has 0 radical (unpaired) electrons. The van der Waals surface area contributed by atoms with Crippen LogP contribution in [0.2, 0.25) is 0 Å². The first-order chi connectivity index (χ1) is 7.03. The Labute approximate surface area is 95.8 Å². The quantitative estimate of drug-likeness (QED) is 0.781. The van der Waals surface area contributed by atoms with E-state index in [2.05, 4.69) is 15.9 Å². The summed E-state index contributed by atoms with van der Waals surface area (Å²) in [6.07, 6.45) is 3.54. The molecule has 1 fully saturated rings. The molecule has 1 aliphatic carbocycles. The van der Waals surface area contributed by atoms with Gasteiger partial charge in [-0.3, -0.25) is 0 Å². The van der Waals surface area contributed by atoms with E-state index in [-0.39, 0.29) is 4.47 Å². The molecule has 0 unspecified atom stereocenters. The molecule has 1 aliphatic rings. The van der Waals surface area contributed by atoms with Crippen LogP contribution in [0.3, 0.4) is 0 Å². The fraction of sp³-hybridized carbons (Fsp3) is 0.455. The van der Waals surface area contributed by atoms with Gasteiger partial charge in [-0.1, -0.05) is 12.8 Å². The standard InChI is InChI=1S/C11H12BrF2N/c12-8-5-7(9(13)6-10(8)14)11(15)3-1-2-4-11/h5-6H,1-4,15H2. The summed E-state index contributed by atoms with van der Waals surface area (Å²) in [5.41, 5.74) is 5.93. The molecule has 0 bridgehead atoms. The molecule has 0 saturated heterocycles. The van der Waals surface area contributed by atoms with Gasteiger partial charge in [-0.15, -0.1) is 0 Å². The number of benzene rings is 1. The monoisotopic (exact) mass is 275 g/mol. The average molecular weight is 276 g/mol. The third kappa shape index (κ3) is 1.93. The van der Waals surface area contributed by atoms with E-state index >= 15 is 0 Å². The summed E-state index contributed by atoms with van der Waals surface area (Å²) in [5.74, 6) is -1.13. The highest BCUT2D eigenvalue weighted by molar-refractivity contribution is 9.10. The molecule has 1 aromatic carbocycles. The van der Waals surface area contributed by atoms with Crippen LogP contribution in [0.15, 0.2) is 16.6 Å². The van der Waals surface area contributed by atoms with E-state index in [1.165, 1.54) is 6.07 Å². The molecule has 1 saturated carbocycles. The Morgan fingerprint density at radius 3 is 2.33 bits per heavy atom. The van der Waals surface area contributed by atoms with Gasteiger partial charge >= 0.3 is 0 Å². The molecule has 4 heteroatoms.